The molecule has 3 heterocycles. The van der Waals surface area contributed by atoms with Gasteiger partial charge in [-0.1, -0.05) is 66.7 Å². The lowest BCUT2D eigenvalue weighted by Gasteiger charge is -2.41. The van der Waals surface area contributed by atoms with E-state index in [9.17, 15) is 19.8 Å². The van der Waals surface area contributed by atoms with Gasteiger partial charge in [-0.25, -0.2) is 0 Å². The summed E-state index contributed by atoms with van der Waals surface area (Å²) in [5.41, 5.74) is 2.17. The number of esters is 1. The summed E-state index contributed by atoms with van der Waals surface area (Å²) in [6, 6.07) is 20.6. The molecule has 2 bridgehead atoms. The fourth-order valence-electron chi connectivity index (χ4n) is 5.88. The minimum atomic E-state index is -1.61. The quantitative estimate of drug-likeness (QED) is 0.326. The number of fused-ring (bicyclic) bond motifs is 5. The van der Waals surface area contributed by atoms with Gasteiger partial charge in [0.2, 0.25) is 0 Å². The van der Waals surface area contributed by atoms with Crippen molar-refractivity contribution in [3.8, 4) is 17.2 Å². The molecule has 3 aliphatic rings. The molecule has 3 aromatic rings. The summed E-state index contributed by atoms with van der Waals surface area (Å²) < 4.78 is 18.1. The summed E-state index contributed by atoms with van der Waals surface area (Å²) in [5, 5.41) is 23.1. The number of phenolic OH excluding ortho intramolecular Hbond substituents is 1. The third kappa shape index (κ3) is 5.20. The molecule has 4 atom stereocenters. The van der Waals surface area contributed by atoms with Crippen molar-refractivity contribution in [2.45, 2.75) is 62.4 Å². The molecule has 0 aromatic heterocycles. The van der Waals surface area contributed by atoms with Gasteiger partial charge in [0.25, 0.3) is 0 Å². The number of Topliss-reactive ketones (excluding diaryl/α,β-unsaturated/α-hetero) is 1. The highest BCUT2D eigenvalue weighted by Gasteiger charge is 2.43. The van der Waals surface area contributed by atoms with Gasteiger partial charge in [0.05, 0.1) is 12.5 Å². The van der Waals surface area contributed by atoms with Crippen LogP contribution in [-0.2, 0) is 9.53 Å². The third-order valence-electron chi connectivity index (χ3n) is 7.69. The first-order valence-electron chi connectivity index (χ1n) is 13.4. The number of ketones is 1. The van der Waals surface area contributed by atoms with Crippen LogP contribution in [0.25, 0.3) is 6.08 Å². The second-order valence-corrected chi connectivity index (χ2v) is 10.5. The molecule has 1 fully saturated rings. The predicted octanol–water partition coefficient (Wildman–Crippen LogP) is 5.85. The molecule has 7 heteroatoms. The van der Waals surface area contributed by atoms with Crippen molar-refractivity contribution < 1.29 is 34.0 Å². The van der Waals surface area contributed by atoms with E-state index in [0.717, 1.165) is 11.1 Å². The van der Waals surface area contributed by atoms with Crippen LogP contribution in [-0.4, -0.2) is 33.9 Å². The van der Waals surface area contributed by atoms with E-state index in [1.165, 1.54) is 0 Å². The number of carbonyl (C=O) groups excluding carboxylic acids is 2. The van der Waals surface area contributed by atoms with E-state index in [2.05, 4.69) is 0 Å². The van der Waals surface area contributed by atoms with Crippen LogP contribution >= 0.6 is 0 Å². The average Bonchev–Trinajstić information content (AvgIpc) is 2.92. The van der Waals surface area contributed by atoms with Crippen LogP contribution in [0.3, 0.4) is 0 Å². The summed E-state index contributed by atoms with van der Waals surface area (Å²) in [7, 11) is 0. The van der Waals surface area contributed by atoms with Gasteiger partial charge in [-0.2, -0.15) is 0 Å². The number of carbonyl (C=O) groups is 2. The summed E-state index contributed by atoms with van der Waals surface area (Å²) in [6.45, 7) is 0. The summed E-state index contributed by atoms with van der Waals surface area (Å²) >= 11 is 0. The smallest absolute Gasteiger partial charge is 0.311 e. The van der Waals surface area contributed by atoms with Crippen LogP contribution in [0.2, 0.25) is 0 Å². The first kappa shape index (κ1) is 25.3. The van der Waals surface area contributed by atoms with Crippen molar-refractivity contribution in [3.63, 3.8) is 0 Å². The lowest BCUT2D eigenvalue weighted by molar-refractivity contribution is -0.227. The zero-order valence-electron chi connectivity index (χ0n) is 21.4. The van der Waals surface area contributed by atoms with Gasteiger partial charge in [0.1, 0.15) is 28.9 Å². The minimum absolute atomic E-state index is 0.0727. The van der Waals surface area contributed by atoms with E-state index in [1.54, 1.807) is 18.2 Å². The highest BCUT2D eigenvalue weighted by molar-refractivity contribution is 6.03. The molecule has 1 saturated heterocycles. The molecule has 39 heavy (non-hydrogen) atoms. The van der Waals surface area contributed by atoms with E-state index in [4.69, 9.17) is 14.2 Å². The number of benzene rings is 3. The Balaban J connectivity index is 1.40. The van der Waals surface area contributed by atoms with Gasteiger partial charge in [-0.05, 0) is 42.4 Å². The number of rotatable bonds is 3. The Morgan fingerprint density at radius 3 is 2.49 bits per heavy atom. The van der Waals surface area contributed by atoms with Gasteiger partial charge in [-0.15, -0.1) is 0 Å². The molecule has 0 saturated carbocycles. The van der Waals surface area contributed by atoms with E-state index >= 15 is 0 Å². The lowest BCUT2D eigenvalue weighted by atomic mass is 9.80. The van der Waals surface area contributed by atoms with Gasteiger partial charge in [0.15, 0.2) is 11.6 Å². The standard InChI is InChI=1S/C32H30O7/c33-24-17-25(21-10-5-2-6-11-21)37-27-18-26-29(31(35)30(24)27)22-16-23(12-7-13-28(34)38-26)39-32(36,19-22)15-14-20-8-3-1-4-9-20/h1-6,8-11,14-15,18,22-23,25,35-36H,7,12-13,16-17,19H2. The SMILES string of the molecule is O=C1CCCC2CC(CC(O)(C=Cc3ccccc3)O2)c2c(cc3c(c2O)C(=O)CC(c2ccccc2)O3)O1. The van der Waals surface area contributed by atoms with Crippen molar-refractivity contribution in [2.24, 2.45) is 0 Å². The van der Waals surface area contributed by atoms with Crippen molar-refractivity contribution in [3.05, 3.63) is 95.1 Å². The largest absolute Gasteiger partial charge is 0.507 e. The second-order valence-electron chi connectivity index (χ2n) is 10.5. The number of aliphatic hydroxyl groups is 1. The molecule has 7 nitrogen and oxygen atoms in total. The van der Waals surface area contributed by atoms with Crippen LogP contribution in [0.15, 0.2) is 72.8 Å². The fraction of sp³-hybridized carbons (Fsp3) is 0.312. The van der Waals surface area contributed by atoms with Gasteiger partial charge >= 0.3 is 5.97 Å². The van der Waals surface area contributed by atoms with E-state index < -0.39 is 23.8 Å². The zero-order chi connectivity index (χ0) is 27.0. The maximum Gasteiger partial charge on any atom is 0.311 e. The number of aromatic hydroxyl groups is 1. The molecule has 4 unspecified atom stereocenters. The summed E-state index contributed by atoms with van der Waals surface area (Å²) in [6.07, 6.45) is 4.51. The molecular weight excluding hydrogens is 496 g/mol. The van der Waals surface area contributed by atoms with Gasteiger partial charge in [0, 0.05) is 24.5 Å². The Hall–Kier alpha value is -3.94. The summed E-state index contributed by atoms with van der Waals surface area (Å²) in [4.78, 5) is 26.0. The number of hydrogen-bond donors (Lipinski definition) is 2. The van der Waals surface area contributed by atoms with Crippen LogP contribution < -0.4 is 9.47 Å². The molecule has 3 aliphatic heterocycles. The molecule has 0 radical (unpaired) electrons. The van der Waals surface area contributed by atoms with E-state index in [1.807, 2.05) is 60.7 Å². The Morgan fingerprint density at radius 1 is 0.974 bits per heavy atom. The van der Waals surface area contributed by atoms with Crippen molar-refractivity contribution >= 4 is 17.8 Å². The second kappa shape index (κ2) is 10.3. The lowest BCUT2D eigenvalue weighted by Crippen LogP contribution is -2.42. The molecule has 0 spiro atoms. The van der Waals surface area contributed by atoms with E-state index in [-0.39, 0.29) is 54.0 Å². The Morgan fingerprint density at radius 2 is 1.72 bits per heavy atom. The molecule has 2 N–H and O–H groups in total. The van der Waals surface area contributed by atoms with E-state index in [0.29, 0.717) is 24.8 Å². The molecule has 0 aliphatic carbocycles. The predicted molar refractivity (Wildman–Crippen MR) is 144 cm³/mol. The summed E-state index contributed by atoms with van der Waals surface area (Å²) in [5.74, 6) is -2.64. The molecule has 200 valence electrons. The van der Waals surface area contributed by atoms with Crippen LogP contribution in [0.4, 0.5) is 0 Å². The minimum Gasteiger partial charge on any atom is -0.507 e. The Labute approximate surface area is 226 Å². The number of phenols is 1. The van der Waals surface area contributed by atoms with Gasteiger partial charge in [-0.3, -0.25) is 9.59 Å². The third-order valence-corrected chi connectivity index (χ3v) is 7.69. The van der Waals surface area contributed by atoms with Crippen molar-refractivity contribution in [2.75, 3.05) is 0 Å². The Bertz CT molecular complexity index is 1420. The number of ether oxygens (including phenoxy) is 3. The maximum absolute atomic E-state index is 13.3. The van der Waals surface area contributed by atoms with Crippen LogP contribution in [0.1, 0.15) is 77.6 Å². The normalized spacial score (nSPS) is 26.7. The zero-order valence-corrected chi connectivity index (χ0v) is 21.4. The average molecular weight is 527 g/mol. The maximum atomic E-state index is 13.3. The van der Waals surface area contributed by atoms with Gasteiger partial charge < -0.3 is 24.4 Å². The van der Waals surface area contributed by atoms with Crippen LogP contribution in [0.5, 0.6) is 17.2 Å². The topological polar surface area (TPSA) is 102 Å². The van der Waals surface area contributed by atoms with Crippen LogP contribution in [0, 0.1) is 0 Å². The van der Waals surface area contributed by atoms with Crippen molar-refractivity contribution in [1.82, 2.24) is 0 Å². The van der Waals surface area contributed by atoms with Crippen molar-refractivity contribution in [1.29, 1.82) is 0 Å². The number of hydrogen-bond acceptors (Lipinski definition) is 7. The molecule has 3 aromatic carbocycles. The molecule has 0 amide bonds. The first-order chi connectivity index (χ1) is 18.9. The highest BCUT2D eigenvalue weighted by Crippen LogP contribution is 2.52. The fourth-order valence-corrected chi connectivity index (χ4v) is 5.88. The molecule has 6 rings (SSSR count). The highest BCUT2D eigenvalue weighted by atomic mass is 16.6. The monoisotopic (exact) mass is 526 g/mol. The Kier molecular flexibility index (Phi) is 6.71. The molecular formula is C32H30O7. The first-order valence-corrected chi connectivity index (χ1v) is 13.4.